The molecule has 4 nitrogen and oxygen atoms in total. The fourth-order valence-electron chi connectivity index (χ4n) is 5.64. The smallest absolute Gasteiger partial charge is 0.0811 e. The second-order valence-corrected chi connectivity index (χ2v) is 10.1. The average Bonchev–Trinajstić information content (AvgIpc) is 3.09. The molecule has 0 bridgehead atoms. The van der Waals surface area contributed by atoms with E-state index in [0.29, 0.717) is 38.4 Å². The van der Waals surface area contributed by atoms with E-state index in [1.807, 2.05) is 13.8 Å². The van der Waals surface area contributed by atoms with Gasteiger partial charge < -0.3 is 20.1 Å². The monoisotopic (exact) mass is 430 g/mol. The molecular formula is C27H42O4. The van der Waals surface area contributed by atoms with Crippen LogP contribution in [0, 0.1) is 11.3 Å². The van der Waals surface area contributed by atoms with Crippen LogP contribution < -0.4 is 0 Å². The van der Waals surface area contributed by atoms with Gasteiger partial charge in [0.1, 0.15) is 0 Å². The lowest BCUT2D eigenvalue weighted by atomic mass is 9.64. The van der Waals surface area contributed by atoms with Crippen LogP contribution in [0.5, 0.6) is 0 Å². The Morgan fingerprint density at radius 2 is 2.00 bits per heavy atom. The number of allylic oxidation sites excluding steroid dienone is 4. The standard InChI is InChI=1S/C27H42O4/c1-5-27(30,6-2)14-15-31-18-22-11-12-24-20(8-7-13-26(22,24)4)9-10-21-16-23(28)17-25(29)19(21)3/h9-11,23-25,28-30H,3,5-8,12-18H2,1-2,4H3/t23-,24+,25+,26-/m1/s1. The Labute approximate surface area is 188 Å². The van der Waals surface area contributed by atoms with Crippen LogP contribution in [0.3, 0.4) is 0 Å². The molecule has 0 unspecified atom stereocenters. The Morgan fingerprint density at radius 3 is 2.71 bits per heavy atom. The van der Waals surface area contributed by atoms with Gasteiger partial charge in [-0.2, -0.15) is 0 Å². The van der Waals surface area contributed by atoms with Gasteiger partial charge in [0.05, 0.1) is 24.4 Å². The van der Waals surface area contributed by atoms with Crippen LogP contribution in [-0.4, -0.2) is 46.3 Å². The number of aliphatic hydroxyl groups excluding tert-OH is 2. The highest BCUT2D eigenvalue weighted by atomic mass is 16.5. The van der Waals surface area contributed by atoms with Crippen molar-refractivity contribution in [2.45, 2.75) is 96.4 Å². The minimum absolute atomic E-state index is 0.136. The number of hydrogen-bond donors (Lipinski definition) is 3. The SMILES string of the molecule is C=C1C(=CC=C2CCC[C@]3(C)C(COCCC(O)(CC)CC)=CC[C@@H]23)C[C@@H](O)C[C@@H]1O. The zero-order chi connectivity index (χ0) is 22.6. The second-order valence-electron chi connectivity index (χ2n) is 10.1. The minimum Gasteiger partial charge on any atom is -0.393 e. The maximum atomic E-state index is 10.5. The van der Waals surface area contributed by atoms with Crippen molar-refractivity contribution in [1.82, 2.24) is 0 Å². The van der Waals surface area contributed by atoms with E-state index < -0.39 is 17.8 Å². The van der Waals surface area contributed by atoms with Crippen LogP contribution in [0.15, 0.2) is 47.1 Å². The van der Waals surface area contributed by atoms with Gasteiger partial charge in [0.15, 0.2) is 0 Å². The zero-order valence-electron chi connectivity index (χ0n) is 19.7. The molecule has 3 aliphatic carbocycles. The molecule has 0 aromatic heterocycles. The van der Waals surface area contributed by atoms with Crippen molar-refractivity contribution in [2.75, 3.05) is 13.2 Å². The van der Waals surface area contributed by atoms with Crippen molar-refractivity contribution in [3.63, 3.8) is 0 Å². The lowest BCUT2D eigenvalue weighted by Gasteiger charge is -2.41. The van der Waals surface area contributed by atoms with Gasteiger partial charge in [-0.3, -0.25) is 0 Å². The van der Waals surface area contributed by atoms with Crippen LogP contribution in [0.4, 0.5) is 0 Å². The molecule has 0 heterocycles. The van der Waals surface area contributed by atoms with Crippen molar-refractivity contribution in [2.24, 2.45) is 11.3 Å². The van der Waals surface area contributed by atoms with Gasteiger partial charge >= 0.3 is 0 Å². The molecule has 3 rings (SSSR count). The summed E-state index contributed by atoms with van der Waals surface area (Å²) in [6, 6.07) is 0. The maximum absolute atomic E-state index is 10.5. The number of ether oxygens (including phenoxy) is 1. The summed E-state index contributed by atoms with van der Waals surface area (Å²) in [5.41, 5.74) is 4.12. The third-order valence-corrected chi connectivity index (χ3v) is 8.26. The van der Waals surface area contributed by atoms with Gasteiger partial charge in [-0.25, -0.2) is 0 Å². The molecule has 0 spiro atoms. The first kappa shape index (κ1) is 24.4. The molecule has 0 radical (unpaired) electrons. The van der Waals surface area contributed by atoms with Crippen LogP contribution >= 0.6 is 0 Å². The van der Waals surface area contributed by atoms with Gasteiger partial charge in [0.25, 0.3) is 0 Å². The van der Waals surface area contributed by atoms with E-state index in [1.54, 1.807) is 0 Å². The molecule has 2 saturated carbocycles. The summed E-state index contributed by atoms with van der Waals surface area (Å²) < 4.78 is 6.03. The predicted molar refractivity (Wildman–Crippen MR) is 126 cm³/mol. The summed E-state index contributed by atoms with van der Waals surface area (Å²) in [4.78, 5) is 0. The van der Waals surface area contributed by atoms with E-state index in [-0.39, 0.29) is 5.41 Å². The van der Waals surface area contributed by atoms with Gasteiger partial charge in [-0.05, 0) is 79.4 Å². The number of aliphatic hydroxyl groups is 3. The van der Waals surface area contributed by atoms with Gasteiger partial charge in [-0.15, -0.1) is 0 Å². The molecule has 0 saturated heterocycles. The number of fused-ring (bicyclic) bond motifs is 1. The second kappa shape index (κ2) is 10.2. The van der Waals surface area contributed by atoms with E-state index in [9.17, 15) is 15.3 Å². The topological polar surface area (TPSA) is 69.9 Å². The van der Waals surface area contributed by atoms with Crippen LogP contribution in [-0.2, 0) is 4.74 Å². The van der Waals surface area contributed by atoms with E-state index in [4.69, 9.17) is 4.74 Å². The van der Waals surface area contributed by atoms with E-state index >= 15 is 0 Å². The van der Waals surface area contributed by atoms with Crippen LogP contribution in [0.2, 0.25) is 0 Å². The summed E-state index contributed by atoms with van der Waals surface area (Å²) in [5.74, 6) is 0.492. The highest BCUT2D eigenvalue weighted by molar-refractivity contribution is 5.40. The molecular weight excluding hydrogens is 388 g/mol. The fraction of sp³-hybridized carbons (Fsp3) is 0.704. The quantitative estimate of drug-likeness (QED) is 0.374. The molecule has 31 heavy (non-hydrogen) atoms. The van der Waals surface area contributed by atoms with Crippen LogP contribution in [0.25, 0.3) is 0 Å². The van der Waals surface area contributed by atoms with Gasteiger partial charge in [-0.1, -0.05) is 51.2 Å². The molecule has 3 N–H and O–H groups in total. The summed E-state index contributed by atoms with van der Waals surface area (Å²) in [6.45, 7) is 11.7. The van der Waals surface area contributed by atoms with Crippen molar-refractivity contribution < 1.29 is 20.1 Å². The first-order chi connectivity index (χ1) is 14.7. The minimum atomic E-state index is -0.639. The Bertz CT molecular complexity index is 742. The Balaban J connectivity index is 1.63. The third-order valence-electron chi connectivity index (χ3n) is 8.26. The first-order valence-corrected chi connectivity index (χ1v) is 12.2. The summed E-state index contributed by atoms with van der Waals surface area (Å²) >= 11 is 0. The number of rotatable bonds is 8. The molecule has 4 heteroatoms. The molecule has 0 amide bonds. The highest BCUT2D eigenvalue weighted by Gasteiger charge is 2.44. The molecule has 0 aromatic rings. The van der Waals surface area contributed by atoms with Crippen molar-refractivity contribution in [3.05, 3.63) is 47.1 Å². The molecule has 2 fully saturated rings. The fourth-order valence-corrected chi connectivity index (χ4v) is 5.64. The lowest BCUT2D eigenvalue weighted by Crippen LogP contribution is -2.32. The lowest BCUT2D eigenvalue weighted by molar-refractivity contribution is -0.00490. The van der Waals surface area contributed by atoms with Crippen molar-refractivity contribution in [3.8, 4) is 0 Å². The van der Waals surface area contributed by atoms with Crippen molar-refractivity contribution in [1.29, 1.82) is 0 Å². The molecule has 4 atom stereocenters. The molecule has 3 aliphatic rings. The summed E-state index contributed by atoms with van der Waals surface area (Å²) in [6.07, 6.45) is 13.2. The average molecular weight is 431 g/mol. The third kappa shape index (κ3) is 5.42. The Kier molecular flexibility index (Phi) is 8.01. The Hall–Kier alpha value is -1.20. The normalized spacial score (nSPS) is 34.3. The van der Waals surface area contributed by atoms with Gasteiger partial charge in [0.2, 0.25) is 0 Å². The highest BCUT2D eigenvalue weighted by Crippen LogP contribution is 2.54. The molecule has 0 aliphatic heterocycles. The largest absolute Gasteiger partial charge is 0.393 e. The van der Waals surface area contributed by atoms with E-state index in [1.165, 1.54) is 17.6 Å². The van der Waals surface area contributed by atoms with E-state index in [2.05, 4.69) is 31.7 Å². The molecule has 0 aromatic carbocycles. The Morgan fingerprint density at radius 1 is 1.26 bits per heavy atom. The first-order valence-electron chi connectivity index (χ1n) is 12.2. The zero-order valence-corrected chi connectivity index (χ0v) is 19.7. The predicted octanol–water partition coefficient (Wildman–Crippen LogP) is 5.01. The summed E-state index contributed by atoms with van der Waals surface area (Å²) in [7, 11) is 0. The van der Waals surface area contributed by atoms with Crippen LogP contribution in [0.1, 0.15) is 78.6 Å². The maximum Gasteiger partial charge on any atom is 0.0811 e. The van der Waals surface area contributed by atoms with Gasteiger partial charge in [0, 0.05) is 13.0 Å². The number of hydrogen-bond acceptors (Lipinski definition) is 4. The summed E-state index contributed by atoms with van der Waals surface area (Å²) in [5, 5.41) is 30.6. The van der Waals surface area contributed by atoms with Crippen molar-refractivity contribution >= 4 is 0 Å². The van der Waals surface area contributed by atoms with E-state index in [0.717, 1.165) is 43.3 Å². The molecule has 174 valence electrons.